The van der Waals surface area contributed by atoms with Crippen molar-refractivity contribution in [2.75, 3.05) is 12.9 Å². The first-order valence-electron chi connectivity index (χ1n) is 7.98. The van der Waals surface area contributed by atoms with Gasteiger partial charge >= 0.3 is 6.18 Å². The van der Waals surface area contributed by atoms with E-state index in [1.54, 1.807) is 18.2 Å². The molecule has 0 fully saturated rings. The van der Waals surface area contributed by atoms with Gasteiger partial charge in [-0.25, -0.2) is 8.42 Å². The molecule has 0 bridgehead atoms. The summed E-state index contributed by atoms with van der Waals surface area (Å²) in [7, 11) is -3.39. The fourth-order valence-electron chi connectivity index (χ4n) is 2.83. The highest BCUT2D eigenvalue weighted by Gasteiger charge is 2.30. The normalized spacial score (nSPS) is 17.6. The Bertz CT molecular complexity index is 1010. The van der Waals surface area contributed by atoms with Crippen LogP contribution < -0.4 is 0 Å². The minimum Gasteiger partial charge on any atom is -0.395 e. The third kappa shape index (κ3) is 4.12. The van der Waals surface area contributed by atoms with Crippen LogP contribution in [0.15, 0.2) is 59.6 Å². The molecule has 1 unspecified atom stereocenters. The quantitative estimate of drug-likeness (QED) is 0.859. The lowest BCUT2D eigenvalue weighted by Gasteiger charge is -2.11. The van der Waals surface area contributed by atoms with E-state index in [4.69, 9.17) is 0 Å². The summed E-state index contributed by atoms with van der Waals surface area (Å²) in [5.41, 5.74) is 1.56. The summed E-state index contributed by atoms with van der Waals surface area (Å²) < 4.78 is 61.5. The second-order valence-electron chi connectivity index (χ2n) is 6.23. The van der Waals surface area contributed by atoms with Crippen LogP contribution in [0.5, 0.6) is 0 Å². The van der Waals surface area contributed by atoms with Crippen molar-refractivity contribution in [3.63, 3.8) is 0 Å². The summed E-state index contributed by atoms with van der Waals surface area (Å²) in [5.74, 6) is -0.298. The molecule has 0 radical (unpaired) electrons. The van der Waals surface area contributed by atoms with Crippen molar-refractivity contribution in [3.05, 3.63) is 71.6 Å². The van der Waals surface area contributed by atoms with Crippen LogP contribution in [-0.2, 0) is 16.0 Å². The van der Waals surface area contributed by atoms with E-state index in [-0.39, 0.29) is 17.4 Å². The highest BCUT2D eigenvalue weighted by Crippen LogP contribution is 2.39. The summed E-state index contributed by atoms with van der Waals surface area (Å²) in [6, 6.07) is 7.70. The SMILES string of the molecule is CS(=O)(=O)c1ccc(C2=CC(CO)C=C2c2ccc(C(F)(F)F)cc2)nc1. The summed E-state index contributed by atoms with van der Waals surface area (Å²) in [4.78, 5) is 4.25. The zero-order valence-electron chi connectivity index (χ0n) is 14.2. The third-order valence-corrected chi connectivity index (χ3v) is 5.32. The Morgan fingerprint density at radius 1 is 1.04 bits per heavy atom. The van der Waals surface area contributed by atoms with Gasteiger partial charge in [0.25, 0.3) is 0 Å². The number of aromatic nitrogens is 1. The molecule has 3 rings (SSSR count). The van der Waals surface area contributed by atoms with E-state index in [1.807, 2.05) is 0 Å². The van der Waals surface area contributed by atoms with Crippen molar-refractivity contribution in [1.29, 1.82) is 0 Å². The first kappa shape index (κ1) is 19.3. The van der Waals surface area contributed by atoms with E-state index in [1.165, 1.54) is 24.4 Å². The molecule has 8 heteroatoms. The van der Waals surface area contributed by atoms with Crippen molar-refractivity contribution in [2.45, 2.75) is 11.1 Å². The Hall–Kier alpha value is -2.45. The summed E-state index contributed by atoms with van der Waals surface area (Å²) in [5, 5.41) is 9.46. The van der Waals surface area contributed by atoms with Crippen molar-refractivity contribution < 1.29 is 26.7 Å². The number of halogens is 3. The van der Waals surface area contributed by atoms with Gasteiger partial charge in [0.15, 0.2) is 9.84 Å². The maximum Gasteiger partial charge on any atom is 0.416 e. The van der Waals surface area contributed by atoms with Crippen LogP contribution in [-0.4, -0.2) is 31.4 Å². The predicted octanol–water partition coefficient (Wildman–Crippen LogP) is 3.59. The van der Waals surface area contributed by atoms with Gasteiger partial charge in [0.1, 0.15) is 0 Å². The molecule has 1 aliphatic carbocycles. The van der Waals surface area contributed by atoms with Gasteiger partial charge in [-0.1, -0.05) is 24.3 Å². The van der Waals surface area contributed by atoms with Crippen LogP contribution in [0.2, 0.25) is 0 Å². The number of sulfone groups is 1. The fraction of sp³-hybridized carbons (Fsp3) is 0.211. The fourth-order valence-corrected chi connectivity index (χ4v) is 3.39. The van der Waals surface area contributed by atoms with Crippen molar-refractivity contribution in [2.24, 2.45) is 5.92 Å². The summed E-state index contributed by atoms with van der Waals surface area (Å²) in [6.45, 7) is -0.158. The molecule has 0 aliphatic heterocycles. The molecule has 1 aromatic heterocycles. The lowest BCUT2D eigenvalue weighted by molar-refractivity contribution is -0.137. The van der Waals surface area contributed by atoms with Crippen LogP contribution in [0.25, 0.3) is 11.1 Å². The summed E-state index contributed by atoms with van der Waals surface area (Å²) in [6.07, 6.45) is 1.41. The zero-order valence-corrected chi connectivity index (χ0v) is 15.1. The Labute approximate surface area is 154 Å². The Kier molecular flexibility index (Phi) is 4.96. The molecule has 0 spiro atoms. The average molecular weight is 395 g/mol. The lowest BCUT2D eigenvalue weighted by atomic mass is 9.97. The lowest BCUT2D eigenvalue weighted by Crippen LogP contribution is -2.04. The number of alkyl halides is 3. The summed E-state index contributed by atoms with van der Waals surface area (Å²) >= 11 is 0. The number of hydrogen-bond acceptors (Lipinski definition) is 4. The van der Waals surface area contributed by atoms with E-state index < -0.39 is 21.6 Å². The zero-order chi connectivity index (χ0) is 19.8. The molecule has 1 N–H and O–H groups in total. The van der Waals surface area contributed by atoms with E-state index in [0.29, 0.717) is 22.4 Å². The molecule has 1 aliphatic rings. The van der Waals surface area contributed by atoms with Crippen molar-refractivity contribution in [3.8, 4) is 0 Å². The third-order valence-electron chi connectivity index (χ3n) is 4.23. The van der Waals surface area contributed by atoms with Gasteiger partial charge < -0.3 is 5.11 Å². The molecule has 27 heavy (non-hydrogen) atoms. The van der Waals surface area contributed by atoms with Crippen molar-refractivity contribution in [1.82, 2.24) is 4.98 Å². The Morgan fingerprint density at radius 2 is 1.67 bits per heavy atom. The number of aliphatic hydroxyl groups excluding tert-OH is 1. The molecule has 4 nitrogen and oxygen atoms in total. The minimum atomic E-state index is -4.42. The highest BCUT2D eigenvalue weighted by molar-refractivity contribution is 7.90. The largest absolute Gasteiger partial charge is 0.416 e. The van der Waals surface area contributed by atoms with E-state index in [0.717, 1.165) is 18.4 Å². The standard InChI is InChI=1S/C19H16F3NO3S/c1-27(25,26)15-6-7-18(23-10-15)17-9-12(11-24)8-16(17)13-2-4-14(5-3-13)19(20,21)22/h2-10,12,24H,11H2,1H3. The molecular formula is C19H16F3NO3S. The average Bonchev–Trinajstić information content (AvgIpc) is 3.05. The number of pyridine rings is 1. The molecular weight excluding hydrogens is 379 g/mol. The number of aliphatic hydroxyl groups is 1. The maximum absolute atomic E-state index is 12.8. The van der Waals surface area contributed by atoms with Crippen LogP contribution in [0, 0.1) is 5.92 Å². The number of hydrogen-bond donors (Lipinski definition) is 1. The number of allylic oxidation sites excluding steroid dienone is 2. The van der Waals surface area contributed by atoms with Gasteiger partial charge in [-0.15, -0.1) is 0 Å². The second kappa shape index (κ2) is 6.94. The Morgan fingerprint density at radius 3 is 2.15 bits per heavy atom. The Balaban J connectivity index is 1.98. The van der Waals surface area contributed by atoms with Crippen LogP contribution in [0.1, 0.15) is 16.8 Å². The van der Waals surface area contributed by atoms with E-state index in [9.17, 15) is 26.7 Å². The molecule has 2 aromatic rings. The van der Waals surface area contributed by atoms with Crippen LogP contribution in [0.4, 0.5) is 13.2 Å². The molecule has 0 saturated heterocycles. The van der Waals surface area contributed by atoms with Gasteiger partial charge in [-0.3, -0.25) is 4.98 Å². The molecule has 1 aromatic carbocycles. The highest BCUT2D eigenvalue weighted by atomic mass is 32.2. The molecule has 1 heterocycles. The number of rotatable bonds is 4. The van der Waals surface area contributed by atoms with Crippen molar-refractivity contribution >= 4 is 21.0 Å². The van der Waals surface area contributed by atoms with Gasteiger partial charge in [-0.05, 0) is 35.4 Å². The van der Waals surface area contributed by atoms with Gasteiger partial charge in [-0.2, -0.15) is 13.2 Å². The molecule has 0 amide bonds. The molecule has 142 valence electrons. The van der Waals surface area contributed by atoms with Crippen LogP contribution in [0.3, 0.4) is 0 Å². The monoisotopic (exact) mass is 395 g/mol. The predicted molar refractivity (Wildman–Crippen MR) is 95.3 cm³/mol. The molecule has 0 saturated carbocycles. The number of nitrogens with zero attached hydrogens (tertiary/aromatic N) is 1. The van der Waals surface area contributed by atoms with Gasteiger partial charge in [0.2, 0.25) is 0 Å². The number of benzene rings is 1. The second-order valence-corrected chi connectivity index (χ2v) is 8.25. The smallest absolute Gasteiger partial charge is 0.395 e. The van der Waals surface area contributed by atoms with Gasteiger partial charge in [0.05, 0.1) is 22.8 Å². The van der Waals surface area contributed by atoms with Gasteiger partial charge in [0, 0.05) is 23.9 Å². The van der Waals surface area contributed by atoms with E-state index in [2.05, 4.69) is 4.98 Å². The molecule has 1 atom stereocenters. The van der Waals surface area contributed by atoms with Crippen LogP contribution >= 0.6 is 0 Å². The minimum absolute atomic E-state index is 0.0728. The van der Waals surface area contributed by atoms with E-state index >= 15 is 0 Å². The first-order chi connectivity index (χ1) is 12.6. The topological polar surface area (TPSA) is 67.3 Å². The maximum atomic E-state index is 12.8. The first-order valence-corrected chi connectivity index (χ1v) is 9.88.